The molecule has 3 aromatic carbocycles. The molecule has 2 saturated carbocycles. The SMILES string of the molecule is CC1(C)[C@@H]2CC[C@]13CS(=O)(=O)N(C(=O)c1cc(Cl)c(Cl)cc1C(=O)O[C@@H](c1ccccc1)c1cc(F)ccc1F)[C@@H]3C2. The number of ether oxygens (including phenoxy) is 1. The molecule has 42 heavy (non-hydrogen) atoms. The van der Waals surface area contributed by atoms with E-state index in [1.165, 1.54) is 0 Å². The Bertz CT molecular complexity index is 1730. The third-order valence-corrected chi connectivity index (χ3v) is 12.3. The molecule has 0 unspecified atom stereocenters. The van der Waals surface area contributed by atoms with Crippen molar-refractivity contribution in [3.63, 3.8) is 0 Å². The maximum absolute atomic E-state index is 14.9. The largest absolute Gasteiger partial charge is 0.449 e. The van der Waals surface area contributed by atoms with Crippen LogP contribution in [0.3, 0.4) is 0 Å². The van der Waals surface area contributed by atoms with E-state index in [4.69, 9.17) is 27.9 Å². The first-order chi connectivity index (χ1) is 19.8. The highest BCUT2D eigenvalue weighted by Gasteiger charge is 2.72. The monoisotopic (exact) mass is 633 g/mol. The third-order valence-electron chi connectivity index (χ3n) is 9.69. The van der Waals surface area contributed by atoms with Crippen molar-refractivity contribution in [1.29, 1.82) is 0 Å². The van der Waals surface area contributed by atoms with Crippen molar-refractivity contribution in [3.05, 3.63) is 105 Å². The zero-order valence-corrected chi connectivity index (χ0v) is 25.1. The average molecular weight is 635 g/mol. The van der Waals surface area contributed by atoms with Gasteiger partial charge in [-0.3, -0.25) is 4.79 Å². The predicted molar refractivity (Wildman–Crippen MR) is 154 cm³/mol. The molecule has 0 aromatic heterocycles. The van der Waals surface area contributed by atoms with Crippen molar-refractivity contribution in [2.45, 2.75) is 45.3 Å². The number of halogens is 4. The second-order valence-corrected chi connectivity index (χ2v) is 14.6. The van der Waals surface area contributed by atoms with Gasteiger partial charge in [0, 0.05) is 11.0 Å². The second-order valence-electron chi connectivity index (χ2n) is 11.9. The minimum absolute atomic E-state index is 0.0630. The van der Waals surface area contributed by atoms with Gasteiger partial charge in [0.1, 0.15) is 11.6 Å². The quantitative estimate of drug-likeness (QED) is 0.278. The lowest BCUT2D eigenvalue weighted by molar-refractivity contribution is 0.0366. The Morgan fingerprint density at radius 3 is 2.33 bits per heavy atom. The Balaban J connectivity index is 1.41. The van der Waals surface area contributed by atoms with Crippen LogP contribution in [0.15, 0.2) is 60.7 Å². The highest BCUT2D eigenvalue weighted by Crippen LogP contribution is 2.70. The lowest BCUT2D eigenvalue weighted by Gasteiger charge is -2.37. The van der Waals surface area contributed by atoms with Crippen LogP contribution in [0.1, 0.15) is 71.1 Å². The van der Waals surface area contributed by atoms with Gasteiger partial charge in [-0.2, -0.15) is 0 Å². The van der Waals surface area contributed by atoms with Crippen LogP contribution in [0.5, 0.6) is 0 Å². The van der Waals surface area contributed by atoms with E-state index in [1.807, 2.05) is 0 Å². The smallest absolute Gasteiger partial charge is 0.339 e. The van der Waals surface area contributed by atoms with E-state index in [-0.39, 0.29) is 43.8 Å². The topological polar surface area (TPSA) is 80.8 Å². The summed E-state index contributed by atoms with van der Waals surface area (Å²) in [7, 11) is -4.03. The summed E-state index contributed by atoms with van der Waals surface area (Å²) in [6, 6.07) is 12.7. The maximum atomic E-state index is 14.9. The van der Waals surface area contributed by atoms with Gasteiger partial charge in [-0.05, 0) is 66.5 Å². The van der Waals surface area contributed by atoms with Gasteiger partial charge in [-0.15, -0.1) is 0 Å². The predicted octanol–water partition coefficient (Wildman–Crippen LogP) is 7.20. The summed E-state index contributed by atoms with van der Waals surface area (Å²) < 4.78 is 62.9. The zero-order chi connectivity index (χ0) is 30.2. The molecule has 1 saturated heterocycles. The van der Waals surface area contributed by atoms with Crippen LogP contribution < -0.4 is 0 Å². The Morgan fingerprint density at radius 1 is 1.00 bits per heavy atom. The number of amides is 1. The number of hydrogen-bond acceptors (Lipinski definition) is 5. The molecule has 2 bridgehead atoms. The third kappa shape index (κ3) is 4.35. The van der Waals surface area contributed by atoms with Crippen molar-refractivity contribution in [3.8, 4) is 0 Å². The minimum atomic E-state index is -4.03. The van der Waals surface area contributed by atoms with Gasteiger partial charge in [0.05, 0.1) is 33.0 Å². The number of carbonyl (C=O) groups is 2. The lowest BCUT2D eigenvalue weighted by atomic mass is 9.69. The van der Waals surface area contributed by atoms with E-state index >= 15 is 0 Å². The Morgan fingerprint density at radius 2 is 1.67 bits per heavy atom. The molecule has 11 heteroatoms. The molecule has 3 fully saturated rings. The molecule has 0 radical (unpaired) electrons. The van der Waals surface area contributed by atoms with E-state index < -0.39 is 51.1 Å². The van der Waals surface area contributed by atoms with Crippen LogP contribution in [-0.4, -0.2) is 36.4 Å². The van der Waals surface area contributed by atoms with Crippen LogP contribution in [0, 0.1) is 28.4 Å². The summed E-state index contributed by atoms with van der Waals surface area (Å²) >= 11 is 12.5. The van der Waals surface area contributed by atoms with Crippen LogP contribution in [0.2, 0.25) is 10.0 Å². The molecule has 3 aromatic rings. The van der Waals surface area contributed by atoms with Crippen molar-refractivity contribution in [1.82, 2.24) is 4.31 Å². The van der Waals surface area contributed by atoms with Crippen molar-refractivity contribution < 1.29 is 31.5 Å². The van der Waals surface area contributed by atoms with Gasteiger partial charge in [0.15, 0.2) is 6.10 Å². The summed E-state index contributed by atoms with van der Waals surface area (Å²) in [4.78, 5) is 27.9. The van der Waals surface area contributed by atoms with Crippen molar-refractivity contribution in [2.24, 2.45) is 16.7 Å². The number of esters is 1. The van der Waals surface area contributed by atoms with E-state index in [0.29, 0.717) is 18.4 Å². The summed E-state index contributed by atoms with van der Waals surface area (Å²) in [5, 5.41) is -0.137. The summed E-state index contributed by atoms with van der Waals surface area (Å²) in [6.07, 6.45) is 0.723. The highest BCUT2D eigenvalue weighted by molar-refractivity contribution is 7.90. The van der Waals surface area contributed by atoms with Gasteiger partial charge in [0.25, 0.3) is 5.91 Å². The minimum Gasteiger partial charge on any atom is -0.449 e. The molecule has 6 rings (SSSR count). The molecule has 0 N–H and O–H groups in total. The van der Waals surface area contributed by atoms with Gasteiger partial charge in [0.2, 0.25) is 10.0 Å². The van der Waals surface area contributed by atoms with E-state index in [2.05, 4.69) is 13.8 Å². The van der Waals surface area contributed by atoms with E-state index in [9.17, 15) is 26.8 Å². The number of nitrogens with zero attached hydrogens (tertiary/aromatic N) is 1. The fourth-order valence-corrected chi connectivity index (χ4v) is 10.2. The number of sulfonamides is 1. The molecule has 6 nitrogen and oxygen atoms in total. The molecule has 3 aliphatic rings. The average Bonchev–Trinajstić information content (AvgIpc) is 3.42. The second kappa shape index (κ2) is 10.0. The molecule has 1 amide bonds. The standard InChI is InChI=1S/C31H27Cl2F2NO5S/c1-30(2)18-10-11-31(30)16-42(39,40)36(26(31)12-18)28(37)20-14-23(32)24(33)15-21(20)29(38)41-27(17-6-4-3-5-7-17)22-13-19(34)8-9-25(22)35/h3-9,13-15,18,26-27H,10-12,16H2,1-2H3/t18-,26-,27+,31-/m1/s1. The van der Waals surface area contributed by atoms with Crippen LogP contribution in [0.4, 0.5) is 8.78 Å². The molecule has 4 atom stereocenters. The molecule has 2 aliphatic carbocycles. The summed E-state index contributed by atoms with van der Waals surface area (Å²) in [5.41, 5.74) is -1.41. The Kier molecular flexibility index (Phi) is 6.94. The first-order valence-electron chi connectivity index (χ1n) is 13.5. The fraction of sp³-hybridized carbons (Fsp3) is 0.355. The molecule has 1 spiro atoms. The van der Waals surface area contributed by atoms with Crippen molar-refractivity contribution in [2.75, 3.05) is 5.75 Å². The first-order valence-corrected chi connectivity index (χ1v) is 15.9. The van der Waals surface area contributed by atoms with Gasteiger partial charge < -0.3 is 4.74 Å². The van der Waals surface area contributed by atoms with Crippen LogP contribution >= 0.6 is 23.2 Å². The normalized spacial score (nSPS) is 25.7. The van der Waals surface area contributed by atoms with E-state index in [0.717, 1.165) is 41.1 Å². The number of hydrogen-bond donors (Lipinski definition) is 0. The Labute approximate surface area is 252 Å². The first kappa shape index (κ1) is 29.1. The van der Waals surface area contributed by atoms with Gasteiger partial charge in [-0.1, -0.05) is 67.4 Å². The Hall–Kier alpha value is -3.01. The maximum Gasteiger partial charge on any atom is 0.339 e. The summed E-state index contributed by atoms with van der Waals surface area (Å²) in [5.74, 6) is -3.44. The molecule has 220 valence electrons. The lowest BCUT2D eigenvalue weighted by Crippen LogP contribution is -2.44. The van der Waals surface area contributed by atoms with Crippen LogP contribution in [-0.2, 0) is 14.8 Å². The van der Waals surface area contributed by atoms with E-state index in [1.54, 1.807) is 30.3 Å². The highest BCUT2D eigenvalue weighted by atomic mass is 35.5. The number of rotatable bonds is 5. The molecular weight excluding hydrogens is 607 g/mol. The number of carbonyl (C=O) groups excluding carboxylic acids is 2. The van der Waals surface area contributed by atoms with Gasteiger partial charge in [-0.25, -0.2) is 26.3 Å². The molecule has 1 aliphatic heterocycles. The number of benzene rings is 3. The fourth-order valence-electron chi connectivity index (χ4n) is 7.39. The van der Waals surface area contributed by atoms with Crippen LogP contribution in [0.25, 0.3) is 0 Å². The van der Waals surface area contributed by atoms with Crippen molar-refractivity contribution >= 4 is 45.1 Å². The molecular formula is C31H27Cl2F2NO5S. The summed E-state index contributed by atoms with van der Waals surface area (Å²) in [6.45, 7) is 4.12. The number of fused-ring (bicyclic) bond motifs is 1. The van der Waals surface area contributed by atoms with Gasteiger partial charge >= 0.3 is 5.97 Å². The molecule has 1 heterocycles. The zero-order valence-electron chi connectivity index (χ0n) is 22.7.